The molecule has 1 amide bonds. The zero-order chi connectivity index (χ0) is 15.9. The SMILES string of the molecule is Cc1cc(C)cc(NC(N)=NCC(=O)NCc2ccco2)c1.I. The molecule has 0 spiro atoms. The van der Waals surface area contributed by atoms with Crippen molar-refractivity contribution in [3.8, 4) is 0 Å². The van der Waals surface area contributed by atoms with E-state index in [-0.39, 0.29) is 42.4 Å². The molecule has 0 radical (unpaired) electrons. The number of hydrogen-bond donors (Lipinski definition) is 3. The van der Waals surface area contributed by atoms with Crippen LogP contribution in [0.5, 0.6) is 0 Å². The minimum atomic E-state index is -0.221. The number of carbonyl (C=O) groups excluding carboxylic acids is 1. The van der Waals surface area contributed by atoms with Crippen LogP contribution in [-0.2, 0) is 11.3 Å². The summed E-state index contributed by atoms with van der Waals surface area (Å²) >= 11 is 0. The predicted molar refractivity (Wildman–Crippen MR) is 102 cm³/mol. The Balaban J connectivity index is 0.00000264. The van der Waals surface area contributed by atoms with E-state index in [1.54, 1.807) is 18.4 Å². The standard InChI is InChI=1S/C16H20N4O2.HI/c1-11-6-12(2)8-13(7-11)20-16(17)19-10-15(21)18-9-14-4-3-5-22-14;/h3-8H,9-10H2,1-2H3,(H,18,21)(H3,17,19,20);1H. The highest BCUT2D eigenvalue weighted by Gasteiger charge is 2.03. The summed E-state index contributed by atoms with van der Waals surface area (Å²) in [6, 6.07) is 9.56. The molecule has 7 heteroatoms. The van der Waals surface area contributed by atoms with Gasteiger partial charge in [0, 0.05) is 5.69 Å². The third-order valence-electron chi connectivity index (χ3n) is 2.93. The molecule has 1 aromatic heterocycles. The van der Waals surface area contributed by atoms with E-state index < -0.39 is 0 Å². The van der Waals surface area contributed by atoms with Crippen molar-refractivity contribution in [2.45, 2.75) is 20.4 Å². The second-order valence-corrected chi connectivity index (χ2v) is 5.06. The summed E-state index contributed by atoms with van der Waals surface area (Å²) in [7, 11) is 0. The number of nitrogens with one attached hydrogen (secondary N) is 2. The summed E-state index contributed by atoms with van der Waals surface area (Å²) in [6.07, 6.45) is 1.56. The summed E-state index contributed by atoms with van der Waals surface area (Å²) in [5.74, 6) is 0.679. The molecule has 2 rings (SSSR count). The number of hydrogen-bond acceptors (Lipinski definition) is 3. The highest BCUT2D eigenvalue weighted by Crippen LogP contribution is 2.13. The number of rotatable bonds is 5. The number of nitrogens with two attached hydrogens (primary N) is 1. The van der Waals surface area contributed by atoms with Gasteiger partial charge in [-0.15, -0.1) is 24.0 Å². The molecule has 0 aliphatic rings. The zero-order valence-electron chi connectivity index (χ0n) is 13.1. The lowest BCUT2D eigenvalue weighted by atomic mass is 10.1. The van der Waals surface area contributed by atoms with Crippen LogP contribution >= 0.6 is 24.0 Å². The number of carbonyl (C=O) groups is 1. The van der Waals surface area contributed by atoms with Crippen molar-refractivity contribution in [1.29, 1.82) is 0 Å². The summed E-state index contributed by atoms with van der Waals surface area (Å²) in [4.78, 5) is 15.7. The molecule has 0 saturated carbocycles. The van der Waals surface area contributed by atoms with Crippen molar-refractivity contribution >= 4 is 41.5 Å². The van der Waals surface area contributed by atoms with Gasteiger partial charge in [-0.1, -0.05) is 6.07 Å². The molecule has 0 unspecified atom stereocenters. The first kappa shape index (κ1) is 19.0. The smallest absolute Gasteiger partial charge is 0.242 e. The van der Waals surface area contributed by atoms with Crippen LogP contribution in [0.4, 0.5) is 5.69 Å². The van der Waals surface area contributed by atoms with E-state index in [4.69, 9.17) is 10.2 Å². The Morgan fingerprint density at radius 1 is 1.26 bits per heavy atom. The van der Waals surface area contributed by atoms with Gasteiger partial charge in [0.1, 0.15) is 12.3 Å². The van der Waals surface area contributed by atoms with E-state index in [1.807, 2.05) is 26.0 Å². The van der Waals surface area contributed by atoms with Gasteiger partial charge < -0.3 is 20.8 Å². The van der Waals surface area contributed by atoms with Gasteiger partial charge in [-0.05, 0) is 49.2 Å². The number of aliphatic imine (C=N–C) groups is 1. The fourth-order valence-electron chi connectivity index (χ4n) is 2.05. The van der Waals surface area contributed by atoms with Crippen molar-refractivity contribution in [3.63, 3.8) is 0 Å². The minimum Gasteiger partial charge on any atom is -0.467 e. The van der Waals surface area contributed by atoms with Crippen molar-refractivity contribution in [2.75, 3.05) is 11.9 Å². The Morgan fingerprint density at radius 2 is 1.96 bits per heavy atom. The van der Waals surface area contributed by atoms with E-state index in [0.29, 0.717) is 12.3 Å². The molecular formula is C16H21IN4O2. The molecule has 23 heavy (non-hydrogen) atoms. The molecule has 0 aliphatic carbocycles. The number of halogens is 1. The first-order valence-corrected chi connectivity index (χ1v) is 6.97. The Hall–Kier alpha value is -2.03. The molecule has 0 aliphatic heterocycles. The number of benzene rings is 1. The highest BCUT2D eigenvalue weighted by atomic mass is 127. The van der Waals surface area contributed by atoms with Crippen molar-refractivity contribution in [2.24, 2.45) is 10.7 Å². The van der Waals surface area contributed by atoms with E-state index in [9.17, 15) is 4.79 Å². The van der Waals surface area contributed by atoms with Gasteiger partial charge in [-0.3, -0.25) is 4.79 Å². The average Bonchev–Trinajstić information content (AvgIpc) is 2.95. The normalized spacial score (nSPS) is 10.8. The largest absolute Gasteiger partial charge is 0.467 e. The van der Waals surface area contributed by atoms with Gasteiger partial charge in [0.15, 0.2) is 5.96 Å². The van der Waals surface area contributed by atoms with Crippen molar-refractivity contribution in [3.05, 3.63) is 53.5 Å². The molecule has 0 fully saturated rings. The highest BCUT2D eigenvalue weighted by molar-refractivity contribution is 14.0. The lowest BCUT2D eigenvalue weighted by molar-refractivity contribution is -0.119. The van der Waals surface area contributed by atoms with Crippen LogP contribution in [-0.4, -0.2) is 18.4 Å². The molecule has 0 atom stereocenters. The minimum absolute atomic E-state index is 0. The van der Waals surface area contributed by atoms with Crippen LogP contribution in [0.15, 0.2) is 46.0 Å². The second-order valence-electron chi connectivity index (χ2n) is 5.06. The molecule has 0 saturated heterocycles. The molecule has 124 valence electrons. The van der Waals surface area contributed by atoms with Crippen molar-refractivity contribution < 1.29 is 9.21 Å². The van der Waals surface area contributed by atoms with Crippen LogP contribution in [0.1, 0.15) is 16.9 Å². The van der Waals surface area contributed by atoms with Gasteiger partial charge >= 0.3 is 0 Å². The molecule has 1 aromatic carbocycles. The molecule has 0 bridgehead atoms. The first-order chi connectivity index (χ1) is 10.5. The number of amides is 1. The fourth-order valence-corrected chi connectivity index (χ4v) is 2.05. The number of aryl methyl sites for hydroxylation is 2. The van der Waals surface area contributed by atoms with Crippen LogP contribution in [0, 0.1) is 13.8 Å². The van der Waals surface area contributed by atoms with Gasteiger partial charge in [0.2, 0.25) is 5.91 Å². The molecule has 6 nitrogen and oxygen atoms in total. The maximum absolute atomic E-state index is 11.7. The topological polar surface area (TPSA) is 92.6 Å². The maximum atomic E-state index is 11.7. The quantitative estimate of drug-likeness (QED) is 0.388. The summed E-state index contributed by atoms with van der Waals surface area (Å²) in [5, 5.41) is 5.68. The Labute approximate surface area is 152 Å². The van der Waals surface area contributed by atoms with Gasteiger partial charge in [-0.2, -0.15) is 0 Å². The van der Waals surface area contributed by atoms with Gasteiger partial charge in [0.05, 0.1) is 12.8 Å². The molecule has 2 aromatic rings. The van der Waals surface area contributed by atoms with E-state index in [2.05, 4.69) is 21.7 Å². The second kappa shape index (κ2) is 9.19. The summed E-state index contributed by atoms with van der Waals surface area (Å²) in [5.41, 5.74) is 8.90. The zero-order valence-corrected chi connectivity index (χ0v) is 15.5. The third kappa shape index (κ3) is 6.72. The first-order valence-electron chi connectivity index (χ1n) is 6.97. The lowest BCUT2D eigenvalue weighted by Gasteiger charge is -2.08. The monoisotopic (exact) mass is 428 g/mol. The average molecular weight is 428 g/mol. The van der Waals surface area contributed by atoms with E-state index >= 15 is 0 Å². The molecular weight excluding hydrogens is 407 g/mol. The van der Waals surface area contributed by atoms with Crippen LogP contribution in [0.25, 0.3) is 0 Å². The number of guanidine groups is 1. The van der Waals surface area contributed by atoms with Crippen molar-refractivity contribution in [1.82, 2.24) is 5.32 Å². The fraction of sp³-hybridized carbons (Fsp3) is 0.250. The maximum Gasteiger partial charge on any atom is 0.242 e. The Kier molecular flexibility index (Phi) is 7.60. The number of nitrogens with zero attached hydrogens (tertiary/aromatic N) is 1. The van der Waals surface area contributed by atoms with Crippen LogP contribution in [0.3, 0.4) is 0 Å². The summed E-state index contributed by atoms with van der Waals surface area (Å²) < 4.78 is 5.12. The summed E-state index contributed by atoms with van der Waals surface area (Å²) in [6.45, 7) is 4.32. The lowest BCUT2D eigenvalue weighted by Crippen LogP contribution is -2.28. The molecule has 4 N–H and O–H groups in total. The number of furan rings is 1. The van der Waals surface area contributed by atoms with E-state index in [0.717, 1.165) is 16.8 Å². The third-order valence-corrected chi connectivity index (χ3v) is 2.93. The molecule has 1 heterocycles. The van der Waals surface area contributed by atoms with Gasteiger partial charge in [-0.25, -0.2) is 4.99 Å². The van der Waals surface area contributed by atoms with Crippen LogP contribution < -0.4 is 16.4 Å². The van der Waals surface area contributed by atoms with E-state index in [1.165, 1.54) is 0 Å². The Morgan fingerprint density at radius 3 is 2.57 bits per heavy atom. The number of anilines is 1. The Bertz CT molecular complexity index is 648. The van der Waals surface area contributed by atoms with Gasteiger partial charge in [0.25, 0.3) is 0 Å². The van der Waals surface area contributed by atoms with Crippen LogP contribution in [0.2, 0.25) is 0 Å². The predicted octanol–water partition coefficient (Wildman–Crippen LogP) is 2.56.